The first-order valence-corrected chi connectivity index (χ1v) is 5.67. The van der Waals surface area contributed by atoms with Crippen LogP contribution >= 0.6 is 0 Å². The first kappa shape index (κ1) is 11.8. The maximum Gasteiger partial charge on any atom is 0.0561 e. The molecule has 1 rings (SSSR count). The fraction of sp³-hybridized carbons (Fsp3) is 0.462. The van der Waals surface area contributed by atoms with Crippen molar-refractivity contribution in [2.45, 2.75) is 39.5 Å². The second-order valence-electron chi connectivity index (χ2n) is 3.78. The molecule has 0 radical (unpaired) electrons. The van der Waals surface area contributed by atoms with Crippen LogP contribution in [0.25, 0.3) is 0 Å². The molecule has 0 heterocycles. The Balaban J connectivity index is 2.31. The van der Waals surface area contributed by atoms with Crippen molar-refractivity contribution >= 4 is 11.4 Å². The fourth-order valence-corrected chi connectivity index (χ4v) is 1.36. The van der Waals surface area contributed by atoms with Gasteiger partial charge in [-0.05, 0) is 31.9 Å². The summed E-state index contributed by atoms with van der Waals surface area (Å²) < 4.78 is 0. The number of para-hydroxylation sites is 1. The molecule has 0 bridgehead atoms. The van der Waals surface area contributed by atoms with Gasteiger partial charge >= 0.3 is 0 Å². The predicted octanol–water partition coefficient (Wildman–Crippen LogP) is 4.05. The summed E-state index contributed by atoms with van der Waals surface area (Å²) in [4.78, 5) is 0. The van der Waals surface area contributed by atoms with Crippen LogP contribution in [0, 0.1) is 0 Å². The molecule has 0 fully saturated rings. The van der Waals surface area contributed by atoms with E-state index in [-0.39, 0.29) is 0 Å². The van der Waals surface area contributed by atoms with Crippen LogP contribution < -0.4 is 5.43 Å². The highest BCUT2D eigenvalue weighted by Crippen LogP contribution is 2.06. The quantitative estimate of drug-likeness (QED) is 0.422. The van der Waals surface area contributed by atoms with Gasteiger partial charge in [-0.3, -0.25) is 5.43 Å². The molecular formula is C13H20N2. The Bertz CT molecular complexity index is 291. The third-order valence-electron chi connectivity index (χ3n) is 2.29. The van der Waals surface area contributed by atoms with Crippen LogP contribution in [0.5, 0.6) is 0 Å². The van der Waals surface area contributed by atoms with Gasteiger partial charge in [0, 0.05) is 5.71 Å². The van der Waals surface area contributed by atoms with Gasteiger partial charge in [0.05, 0.1) is 5.69 Å². The van der Waals surface area contributed by atoms with Gasteiger partial charge in [0.2, 0.25) is 0 Å². The summed E-state index contributed by atoms with van der Waals surface area (Å²) in [5.41, 5.74) is 5.28. The summed E-state index contributed by atoms with van der Waals surface area (Å²) in [5.74, 6) is 0. The molecular weight excluding hydrogens is 184 g/mol. The lowest BCUT2D eigenvalue weighted by Crippen LogP contribution is -1.97. The monoisotopic (exact) mass is 204 g/mol. The zero-order chi connectivity index (χ0) is 10.9. The molecule has 15 heavy (non-hydrogen) atoms. The Hall–Kier alpha value is -1.31. The van der Waals surface area contributed by atoms with Gasteiger partial charge in [-0.25, -0.2) is 0 Å². The van der Waals surface area contributed by atoms with Crippen molar-refractivity contribution in [1.82, 2.24) is 0 Å². The zero-order valence-electron chi connectivity index (χ0n) is 9.66. The molecule has 0 saturated heterocycles. The summed E-state index contributed by atoms with van der Waals surface area (Å²) in [6.45, 7) is 4.29. The largest absolute Gasteiger partial charge is 0.279 e. The molecule has 0 saturated carbocycles. The number of unbranched alkanes of at least 4 members (excludes halogenated alkanes) is 2. The summed E-state index contributed by atoms with van der Waals surface area (Å²) in [5, 5.41) is 4.33. The third kappa shape index (κ3) is 5.21. The minimum atomic E-state index is 1.05. The normalized spacial score (nSPS) is 11.5. The number of anilines is 1. The summed E-state index contributed by atoms with van der Waals surface area (Å²) in [6.07, 6.45) is 4.88. The number of hydrogen-bond donors (Lipinski definition) is 1. The minimum Gasteiger partial charge on any atom is -0.279 e. The van der Waals surface area contributed by atoms with Crippen molar-refractivity contribution in [1.29, 1.82) is 0 Å². The van der Waals surface area contributed by atoms with Crippen molar-refractivity contribution < 1.29 is 0 Å². The van der Waals surface area contributed by atoms with Crippen LogP contribution in [-0.2, 0) is 0 Å². The van der Waals surface area contributed by atoms with E-state index in [2.05, 4.69) is 24.4 Å². The average Bonchev–Trinajstić information content (AvgIpc) is 2.28. The van der Waals surface area contributed by atoms with E-state index in [0.717, 1.165) is 12.1 Å². The molecule has 2 heteroatoms. The molecule has 82 valence electrons. The van der Waals surface area contributed by atoms with E-state index < -0.39 is 0 Å². The van der Waals surface area contributed by atoms with E-state index in [1.54, 1.807) is 0 Å². The smallest absolute Gasteiger partial charge is 0.0561 e. The minimum absolute atomic E-state index is 1.05. The van der Waals surface area contributed by atoms with Crippen molar-refractivity contribution in [3.63, 3.8) is 0 Å². The molecule has 0 unspecified atom stereocenters. The van der Waals surface area contributed by atoms with Gasteiger partial charge < -0.3 is 0 Å². The van der Waals surface area contributed by atoms with Crippen molar-refractivity contribution in [2.24, 2.45) is 5.10 Å². The highest BCUT2D eigenvalue weighted by Gasteiger charge is 1.92. The molecule has 2 nitrogen and oxygen atoms in total. The number of nitrogens with zero attached hydrogens (tertiary/aromatic N) is 1. The second kappa shape index (κ2) is 7.04. The molecule has 0 aliphatic heterocycles. The summed E-state index contributed by atoms with van der Waals surface area (Å²) in [6, 6.07) is 10.0. The van der Waals surface area contributed by atoms with Gasteiger partial charge in [0.15, 0.2) is 0 Å². The Kier molecular flexibility index (Phi) is 5.52. The molecule has 0 atom stereocenters. The first-order chi connectivity index (χ1) is 7.33. The van der Waals surface area contributed by atoms with E-state index in [1.807, 2.05) is 30.3 Å². The van der Waals surface area contributed by atoms with Crippen molar-refractivity contribution in [3.8, 4) is 0 Å². The van der Waals surface area contributed by atoms with Crippen LogP contribution in [0.3, 0.4) is 0 Å². The van der Waals surface area contributed by atoms with Crippen molar-refractivity contribution in [3.05, 3.63) is 30.3 Å². The fourth-order valence-electron chi connectivity index (χ4n) is 1.36. The molecule has 0 amide bonds. The summed E-state index contributed by atoms with van der Waals surface area (Å²) in [7, 11) is 0. The van der Waals surface area contributed by atoms with E-state index in [9.17, 15) is 0 Å². The number of rotatable bonds is 6. The number of benzene rings is 1. The lowest BCUT2D eigenvalue weighted by atomic mass is 10.1. The Morgan fingerprint density at radius 3 is 2.60 bits per heavy atom. The summed E-state index contributed by atoms with van der Waals surface area (Å²) >= 11 is 0. The second-order valence-corrected chi connectivity index (χ2v) is 3.78. The van der Waals surface area contributed by atoms with Gasteiger partial charge in [-0.15, -0.1) is 0 Å². The first-order valence-electron chi connectivity index (χ1n) is 5.67. The molecule has 0 aromatic heterocycles. The Labute approximate surface area is 92.4 Å². The van der Waals surface area contributed by atoms with Crippen LogP contribution in [0.1, 0.15) is 39.5 Å². The van der Waals surface area contributed by atoms with Gasteiger partial charge in [-0.2, -0.15) is 5.10 Å². The number of nitrogens with one attached hydrogen (secondary N) is 1. The van der Waals surface area contributed by atoms with Crippen LogP contribution in [0.4, 0.5) is 5.69 Å². The highest BCUT2D eigenvalue weighted by atomic mass is 15.3. The zero-order valence-corrected chi connectivity index (χ0v) is 9.66. The molecule has 0 aliphatic carbocycles. The van der Waals surface area contributed by atoms with E-state index in [4.69, 9.17) is 0 Å². The van der Waals surface area contributed by atoms with Crippen LogP contribution in [-0.4, -0.2) is 5.71 Å². The van der Waals surface area contributed by atoms with Gasteiger partial charge in [-0.1, -0.05) is 38.0 Å². The molecule has 1 N–H and O–H groups in total. The topological polar surface area (TPSA) is 24.4 Å². The standard InChI is InChI=1S/C13H20N2/c1-3-4-6-9-12(2)14-15-13-10-7-5-8-11-13/h5,7-8,10-11,15H,3-4,6,9H2,1-2H3. The third-order valence-corrected chi connectivity index (χ3v) is 2.29. The lowest BCUT2D eigenvalue weighted by molar-refractivity contribution is 0.740. The SMILES string of the molecule is CCCCCC(C)=NNc1ccccc1. The molecule has 0 aliphatic rings. The Morgan fingerprint density at radius 2 is 1.93 bits per heavy atom. The molecule has 0 spiro atoms. The average molecular weight is 204 g/mol. The van der Waals surface area contributed by atoms with Crippen LogP contribution in [0.2, 0.25) is 0 Å². The lowest BCUT2D eigenvalue weighted by Gasteiger charge is -2.02. The number of hydrogen-bond acceptors (Lipinski definition) is 2. The van der Waals surface area contributed by atoms with Crippen LogP contribution in [0.15, 0.2) is 35.4 Å². The number of hydrazone groups is 1. The maximum absolute atomic E-state index is 4.33. The maximum atomic E-state index is 4.33. The Morgan fingerprint density at radius 1 is 1.20 bits per heavy atom. The van der Waals surface area contributed by atoms with E-state index in [1.165, 1.54) is 25.0 Å². The molecule has 1 aromatic rings. The van der Waals surface area contributed by atoms with E-state index in [0.29, 0.717) is 0 Å². The van der Waals surface area contributed by atoms with Gasteiger partial charge in [0.1, 0.15) is 0 Å². The predicted molar refractivity (Wildman–Crippen MR) is 67.3 cm³/mol. The van der Waals surface area contributed by atoms with Crippen molar-refractivity contribution in [2.75, 3.05) is 5.43 Å². The highest BCUT2D eigenvalue weighted by molar-refractivity contribution is 5.82. The van der Waals surface area contributed by atoms with E-state index >= 15 is 0 Å². The molecule has 1 aromatic carbocycles. The van der Waals surface area contributed by atoms with Gasteiger partial charge in [0.25, 0.3) is 0 Å².